The highest BCUT2D eigenvalue weighted by Gasteiger charge is 2.50. The van der Waals surface area contributed by atoms with Crippen LogP contribution in [-0.4, -0.2) is 18.0 Å². The molecule has 0 radical (unpaired) electrons. The molecule has 0 aromatic heterocycles. The summed E-state index contributed by atoms with van der Waals surface area (Å²) in [5.41, 5.74) is 2.20. The van der Waals surface area contributed by atoms with Gasteiger partial charge in [-0.3, -0.25) is 0 Å². The van der Waals surface area contributed by atoms with Crippen molar-refractivity contribution in [3.8, 4) is 11.5 Å². The molecule has 1 aromatic carbocycles. The maximum atomic E-state index is 9.99. The van der Waals surface area contributed by atoms with Crippen LogP contribution in [-0.2, 0) is 4.74 Å². The lowest BCUT2D eigenvalue weighted by Crippen LogP contribution is -2.24. The summed E-state index contributed by atoms with van der Waals surface area (Å²) >= 11 is 0. The van der Waals surface area contributed by atoms with Gasteiger partial charge in [0.1, 0.15) is 6.10 Å². The van der Waals surface area contributed by atoms with Gasteiger partial charge in [-0.05, 0) is 23.3 Å². The van der Waals surface area contributed by atoms with E-state index in [1.165, 1.54) is 0 Å². The van der Waals surface area contributed by atoms with Crippen molar-refractivity contribution in [1.29, 1.82) is 0 Å². The molecule has 3 aliphatic heterocycles. The summed E-state index contributed by atoms with van der Waals surface area (Å²) in [5.74, 6) is 1.70. The van der Waals surface area contributed by atoms with Gasteiger partial charge < -0.3 is 19.3 Å². The molecule has 1 fully saturated rings. The molecule has 0 saturated carbocycles. The number of rotatable bonds is 0. The van der Waals surface area contributed by atoms with Crippen LogP contribution in [0.3, 0.4) is 0 Å². The van der Waals surface area contributed by atoms with Gasteiger partial charge >= 0.3 is 0 Å². The van der Waals surface area contributed by atoms with Gasteiger partial charge in [0.15, 0.2) is 11.5 Å². The average Bonchev–Trinajstić information content (AvgIpc) is 2.92. The zero-order valence-electron chi connectivity index (χ0n) is 8.84. The Bertz CT molecular complexity index is 429. The molecule has 0 unspecified atom stereocenters. The van der Waals surface area contributed by atoms with Crippen molar-refractivity contribution in [3.05, 3.63) is 23.3 Å². The zero-order chi connectivity index (χ0) is 10.9. The topological polar surface area (TPSA) is 47.9 Å². The minimum Gasteiger partial charge on any atom is -0.454 e. The highest BCUT2D eigenvalue weighted by Crippen LogP contribution is 2.56. The monoisotopic (exact) mass is 220 g/mol. The van der Waals surface area contributed by atoms with Crippen molar-refractivity contribution in [2.24, 2.45) is 5.92 Å². The Kier molecular flexibility index (Phi) is 1.49. The molecule has 4 atom stereocenters. The Morgan fingerprint density at radius 1 is 1.12 bits per heavy atom. The molecule has 1 N–H and O–H groups in total. The van der Waals surface area contributed by atoms with E-state index in [1.807, 2.05) is 19.1 Å². The third-order valence-electron chi connectivity index (χ3n) is 3.81. The molecule has 16 heavy (non-hydrogen) atoms. The van der Waals surface area contributed by atoms with Crippen LogP contribution in [0.4, 0.5) is 0 Å². The second-order valence-corrected chi connectivity index (χ2v) is 4.66. The number of aliphatic hydroxyl groups is 1. The predicted molar refractivity (Wildman–Crippen MR) is 54.3 cm³/mol. The van der Waals surface area contributed by atoms with Crippen LogP contribution in [0, 0.1) is 5.92 Å². The summed E-state index contributed by atoms with van der Waals surface area (Å²) in [6.07, 6.45) is -0.591. The molecule has 1 saturated heterocycles. The van der Waals surface area contributed by atoms with E-state index >= 15 is 0 Å². The molecule has 0 spiro atoms. The first-order valence-corrected chi connectivity index (χ1v) is 5.52. The molecule has 4 nitrogen and oxygen atoms in total. The second kappa shape index (κ2) is 2.70. The van der Waals surface area contributed by atoms with Gasteiger partial charge in [0, 0.05) is 5.92 Å². The molecule has 3 heterocycles. The first kappa shape index (κ1) is 8.84. The zero-order valence-corrected chi connectivity index (χ0v) is 8.84. The van der Waals surface area contributed by atoms with Gasteiger partial charge in [-0.2, -0.15) is 0 Å². The second-order valence-electron chi connectivity index (χ2n) is 4.66. The molecule has 3 aliphatic rings. The lowest BCUT2D eigenvalue weighted by molar-refractivity contribution is 0.0297. The van der Waals surface area contributed by atoms with Crippen molar-refractivity contribution in [1.82, 2.24) is 0 Å². The first-order valence-electron chi connectivity index (χ1n) is 5.52. The third kappa shape index (κ3) is 0.877. The highest BCUT2D eigenvalue weighted by atomic mass is 16.7. The number of aliphatic hydroxyl groups excluding tert-OH is 1. The van der Waals surface area contributed by atoms with Crippen molar-refractivity contribution in [2.75, 3.05) is 6.79 Å². The molecule has 1 aromatic rings. The lowest BCUT2D eigenvalue weighted by atomic mass is 9.82. The Morgan fingerprint density at radius 3 is 2.44 bits per heavy atom. The lowest BCUT2D eigenvalue weighted by Gasteiger charge is -2.22. The fraction of sp³-hybridized carbons (Fsp3) is 0.500. The quantitative estimate of drug-likeness (QED) is 0.720. The van der Waals surface area contributed by atoms with Crippen LogP contribution in [0.1, 0.15) is 30.3 Å². The largest absolute Gasteiger partial charge is 0.454 e. The Balaban J connectivity index is 1.90. The number of hydrogen-bond acceptors (Lipinski definition) is 4. The fourth-order valence-corrected chi connectivity index (χ4v) is 2.90. The molecular weight excluding hydrogens is 208 g/mol. The van der Waals surface area contributed by atoms with Crippen LogP contribution in [0.15, 0.2) is 12.1 Å². The van der Waals surface area contributed by atoms with E-state index in [1.54, 1.807) is 0 Å². The first-order chi connectivity index (χ1) is 7.75. The molecule has 0 amide bonds. The van der Waals surface area contributed by atoms with E-state index in [0.29, 0.717) is 0 Å². The van der Waals surface area contributed by atoms with Gasteiger partial charge in [-0.15, -0.1) is 0 Å². The van der Waals surface area contributed by atoms with Crippen molar-refractivity contribution < 1.29 is 19.3 Å². The average molecular weight is 220 g/mol. The number of fused-ring (bicyclic) bond motifs is 6. The molecule has 84 valence electrons. The van der Waals surface area contributed by atoms with E-state index in [9.17, 15) is 5.11 Å². The summed E-state index contributed by atoms with van der Waals surface area (Å²) in [6.45, 7) is 2.30. The van der Waals surface area contributed by atoms with Gasteiger partial charge in [0.2, 0.25) is 6.79 Å². The van der Waals surface area contributed by atoms with Gasteiger partial charge in [-0.25, -0.2) is 0 Å². The molecule has 0 aliphatic carbocycles. The number of hydrogen-bond donors (Lipinski definition) is 1. The number of benzene rings is 1. The van der Waals surface area contributed by atoms with E-state index in [4.69, 9.17) is 14.2 Å². The summed E-state index contributed by atoms with van der Waals surface area (Å²) in [5, 5.41) is 9.99. The van der Waals surface area contributed by atoms with Crippen LogP contribution in [0.25, 0.3) is 0 Å². The third-order valence-corrected chi connectivity index (χ3v) is 3.81. The summed E-state index contributed by atoms with van der Waals surface area (Å²) < 4.78 is 16.5. The maximum absolute atomic E-state index is 9.99. The van der Waals surface area contributed by atoms with Crippen molar-refractivity contribution in [3.63, 3.8) is 0 Å². The van der Waals surface area contributed by atoms with Gasteiger partial charge in [0.25, 0.3) is 0 Å². The van der Waals surface area contributed by atoms with Crippen LogP contribution in [0.2, 0.25) is 0 Å². The van der Waals surface area contributed by atoms with Crippen LogP contribution < -0.4 is 9.47 Å². The van der Waals surface area contributed by atoms with E-state index in [-0.39, 0.29) is 24.9 Å². The SMILES string of the molecule is C[C@@H]1[C@H](O)[C@H]2O[C@@H]1c1cc3c(cc12)OCO3. The molecule has 4 heteroatoms. The van der Waals surface area contributed by atoms with Crippen molar-refractivity contribution in [2.45, 2.75) is 25.2 Å². The van der Waals surface area contributed by atoms with Crippen molar-refractivity contribution >= 4 is 0 Å². The smallest absolute Gasteiger partial charge is 0.231 e. The van der Waals surface area contributed by atoms with E-state index < -0.39 is 6.10 Å². The maximum Gasteiger partial charge on any atom is 0.231 e. The normalized spacial score (nSPS) is 37.9. The van der Waals surface area contributed by atoms with Gasteiger partial charge in [0.05, 0.1) is 12.2 Å². The number of ether oxygens (including phenoxy) is 3. The minimum absolute atomic E-state index is 0.00417. The van der Waals surface area contributed by atoms with Crippen LogP contribution >= 0.6 is 0 Å². The molecule has 2 bridgehead atoms. The van der Waals surface area contributed by atoms with Gasteiger partial charge in [-0.1, -0.05) is 6.92 Å². The summed E-state index contributed by atoms with van der Waals surface area (Å²) in [7, 11) is 0. The standard InChI is InChI=1S/C12H12O4/c1-5-10(13)12-7-3-9-8(14-4-15-9)2-6(7)11(5)16-12/h2-3,5,10-13H,4H2,1H3/t5-,10+,11+,12+/m1/s1. The fourth-order valence-electron chi connectivity index (χ4n) is 2.90. The summed E-state index contributed by atoms with van der Waals surface area (Å²) in [6, 6.07) is 3.93. The minimum atomic E-state index is -0.405. The Hall–Kier alpha value is -1.26. The Labute approximate surface area is 92.7 Å². The highest BCUT2D eigenvalue weighted by molar-refractivity contribution is 5.53. The van der Waals surface area contributed by atoms with E-state index in [2.05, 4.69) is 0 Å². The molecular formula is C12H12O4. The predicted octanol–water partition coefficient (Wildman–Crippen LogP) is 1.54. The Morgan fingerprint density at radius 2 is 1.75 bits per heavy atom. The molecule has 4 rings (SSSR count). The summed E-state index contributed by atoms with van der Waals surface area (Å²) in [4.78, 5) is 0. The van der Waals surface area contributed by atoms with Crippen LogP contribution in [0.5, 0.6) is 11.5 Å². The van der Waals surface area contributed by atoms with E-state index in [0.717, 1.165) is 22.6 Å².